The highest BCUT2D eigenvalue weighted by atomic mass is 79.9. The summed E-state index contributed by atoms with van der Waals surface area (Å²) in [5.41, 5.74) is 1.20. The lowest BCUT2D eigenvalue weighted by atomic mass is 10.2. The Bertz CT molecular complexity index is 832. The van der Waals surface area contributed by atoms with Gasteiger partial charge in [0.15, 0.2) is 5.11 Å². The first-order chi connectivity index (χ1) is 14.0. The summed E-state index contributed by atoms with van der Waals surface area (Å²) in [7, 11) is 1.61. The molecular formula is C21H25BrN2O4S. The smallest absolute Gasteiger partial charge is 0.257 e. The second kappa shape index (κ2) is 12.4. The van der Waals surface area contributed by atoms with E-state index in [2.05, 4.69) is 33.5 Å². The van der Waals surface area contributed by atoms with Crippen molar-refractivity contribution >= 4 is 44.9 Å². The van der Waals surface area contributed by atoms with Gasteiger partial charge in [-0.15, -0.1) is 0 Å². The number of rotatable bonds is 10. The van der Waals surface area contributed by atoms with E-state index in [1.807, 2.05) is 24.3 Å². The number of hydrogen-bond donors (Lipinski definition) is 2. The Morgan fingerprint density at radius 3 is 2.66 bits per heavy atom. The molecule has 2 N–H and O–H groups in total. The van der Waals surface area contributed by atoms with Crippen LogP contribution in [0, 0.1) is 0 Å². The molecule has 0 unspecified atom stereocenters. The maximum atomic E-state index is 12.5. The molecule has 0 aromatic heterocycles. The van der Waals surface area contributed by atoms with Crippen molar-refractivity contribution in [2.24, 2.45) is 0 Å². The number of nitrogens with one attached hydrogen (secondary N) is 2. The number of carbonyl (C=O) groups excluding carboxylic acids is 1. The number of methoxy groups -OCH3 is 1. The Balaban J connectivity index is 1.91. The summed E-state index contributed by atoms with van der Waals surface area (Å²) in [5, 5.41) is 5.88. The Morgan fingerprint density at radius 2 is 1.93 bits per heavy atom. The van der Waals surface area contributed by atoms with Crippen molar-refractivity contribution < 1.29 is 19.0 Å². The molecule has 0 aliphatic heterocycles. The third kappa shape index (κ3) is 8.00. The maximum absolute atomic E-state index is 12.5. The molecule has 0 saturated carbocycles. The number of carbonyl (C=O) groups is 1. The van der Waals surface area contributed by atoms with Crippen LogP contribution in [0.15, 0.2) is 46.9 Å². The van der Waals surface area contributed by atoms with Crippen molar-refractivity contribution in [3.63, 3.8) is 0 Å². The van der Waals surface area contributed by atoms with Crippen molar-refractivity contribution in [3.8, 4) is 11.5 Å². The average Bonchev–Trinajstić information content (AvgIpc) is 2.69. The summed E-state index contributed by atoms with van der Waals surface area (Å²) >= 11 is 8.67. The Kier molecular flexibility index (Phi) is 9.90. The zero-order chi connectivity index (χ0) is 21.1. The van der Waals surface area contributed by atoms with Crippen LogP contribution in [0.3, 0.4) is 0 Å². The molecule has 8 heteroatoms. The van der Waals surface area contributed by atoms with E-state index in [4.69, 9.17) is 26.4 Å². The normalized spacial score (nSPS) is 10.3. The van der Waals surface area contributed by atoms with Gasteiger partial charge in [0, 0.05) is 24.4 Å². The monoisotopic (exact) mass is 480 g/mol. The minimum absolute atomic E-state index is 0.206. The molecule has 2 aromatic rings. The number of amides is 1. The summed E-state index contributed by atoms with van der Waals surface area (Å²) in [6.45, 7) is 3.69. The van der Waals surface area contributed by atoms with Crippen molar-refractivity contribution in [2.45, 2.75) is 19.8 Å². The molecule has 0 atom stereocenters. The fourth-order valence-corrected chi connectivity index (χ4v) is 3.03. The van der Waals surface area contributed by atoms with Crippen molar-refractivity contribution in [1.29, 1.82) is 0 Å². The lowest BCUT2D eigenvalue weighted by molar-refractivity contribution is 0.0977. The molecule has 0 spiro atoms. The molecule has 29 heavy (non-hydrogen) atoms. The number of unbranched alkanes of at least 4 members (excludes halogenated alkanes) is 1. The van der Waals surface area contributed by atoms with E-state index in [0.717, 1.165) is 24.3 Å². The molecule has 1 amide bonds. The van der Waals surface area contributed by atoms with Gasteiger partial charge in [-0.1, -0.05) is 19.4 Å². The van der Waals surface area contributed by atoms with Gasteiger partial charge < -0.3 is 19.5 Å². The van der Waals surface area contributed by atoms with E-state index in [-0.39, 0.29) is 11.0 Å². The lowest BCUT2D eigenvalue weighted by Crippen LogP contribution is -2.34. The Labute approximate surface area is 185 Å². The van der Waals surface area contributed by atoms with E-state index < -0.39 is 0 Å². The molecular weight excluding hydrogens is 456 g/mol. The lowest BCUT2D eigenvalue weighted by Gasteiger charge is -2.12. The predicted octanol–water partition coefficient (Wildman–Crippen LogP) is 4.78. The first kappa shape index (κ1) is 23.1. The minimum Gasteiger partial charge on any atom is -0.494 e. The second-order valence-corrected chi connectivity index (χ2v) is 7.39. The van der Waals surface area contributed by atoms with Gasteiger partial charge in [-0.3, -0.25) is 10.1 Å². The van der Waals surface area contributed by atoms with Crippen molar-refractivity contribution in [2.75, 3.05) is 32.2 Å². The van der Waals surface area contributed by atoms with Gasteiger partial charge in [-0.25, -0.2) is 0 Å². The van der Waals surface area contributed by atoms with Crippen molar-refractivity contribution in [3.05, 3.63) is 52.5 Å². The van der Waals surface area contributed by atoms with Crippen LogP contribution in [0.2, 0.25) is 0 Å². The van der Waals surface area contributed by atoms with Gasteiger partial charge in [0.25, 0.3) is 5.91 Å². The summed E-state index contributed by atoms with van der Waals surface area (Å²) in [6.07, 6.45) is 2.07. The van der Waals surface area contributed by atoms with Crippen LogP contribution in [0.4, 0.5) is 5.69 Å². The zero-order valence-electron chi connectivity index (χ0n) is 16.5. The number of thiocarbonyl (C=S) groups is 1. The number of ether oxygens (including phenoxy) is 3. The van der Waals surface area contributed by atoms with Gasteiger partial charge >= 0.3 is 0 Å². The van der Waals surface area contributed by atoms with Crippen LogP contribution < -0.4 is 20.1 Å². The van der Waals surface area contributed by atoms with Crippen LogP contribution >= 0.6 is 28.1 Å². The number of halogens is 1. The average molecular weight is 481 g/mol. The first-order valence-electron chi connectivity index (χ1n) is 9.30. The van der Waals surface area contributed by atoms with Crippen LogP contribution in [0.25, 0.3) is 0 Å². The molecule has 0 aliphatic carbocycles. The van der Waals surface area contributed by atoms with Gasteiger partial charge in [-0.2, -0.15) is 0 Å². The van der Waals surface area contributed by atoms with E-state index in [1.165, 1.54) is 0 Å². The summed E-state index contributed by atoms with van der Waals surface area (Å²) in [4.78, 5) is 12.5. The fraction of sp³-hybridized carbons (Fsp3) is 0.333. The van der Waals surface area contributed by atoms with Gasteiger partial charge in [0.2, 0.25) is 0 Å². The van der Waals surface area contributed by atoms with E-state index in [1.54, 1.807) is 25.3 Å². The largest absolute Gasteiger partial charge is 0.494 e. The quantitative estimate of drug-likeness (QED) is 0.376. The molecule has 0 radical (unpaired) electrons. The fourth-order valence-electron chi connectivity index (χ4n) is 2.33. The molecule has 6 nitrogen and oxygen atoms in total. The van der Waals surface area contributed by atoms with Crippen LogP contribution in [0.1, 0.15) is 30.1 Å². The highest BCUT2D eigenvalue weighted by molar-refractivity contribution is 9.10. The molecule has 156 valence electrons. The topological polar surface area (TPSA) is 68.8 Å². The minimum atomic E-state index is -0.318. The highest BCUT2D eigenvalue weighted by Crippen LogP contribution is 2.26. The van der Waals surface area contributed by atoms with Crippen molar-refractivity contribution in [1.82, 2.24) is 5.32 Å². The first-order valence-corrected chi connectivity index (χ1v) is 10.5. The van der Waals surface area contributed by atoms with Crippen LogP contribution in [0.5, 0.6) is 11.5 Å². The predicted molar refractivity (Wildman–Crippen MR) is 122 cm³/mol. The molecule has 0 heterocycles. The summed E-state index contributed by atoms with van der Waals surface area (Å²) < 4.78 is 16.9. The maximum Gasteiger partial charge on any atom is 0.257 e. The third-order valence-electron chi connectivity index (χ3n) is 3.82. The molecule has 0 fully saturated rings. The van der Waals surface area contributed by atoms with E-state index >= 15 is 0 Å². The Hall–Kier alpha value is -2.16. The second-order valence-electron chi connectivity index (χ2n) is 6.12. The van der Waals surface area contributed by atoms with E-state index in [0.29, 0.717) is 35.6 Å². The highest BCUT2D eigenvalue weighted by Gasteiger charge is 2.11. The standard InChI is InChI=1S/C21H25BrN2O4S/c1-3-4-10-27-17-7-5-6-16(14-17)23-21(29)24-20(25)15-8-9-19(18(22)13-15)28-12-11-26-2/h5-9,13-14H,3-4,10-12H2,1-2H3,(H2,23,24,25,29). The Morgan fingerprint density at radius 1 is 1.10 bits per heavy atom. The van der Waals surface area contributed by atoms with Crippen LogP contribution in [-0.2, 0) is 4.74 Å². The number of anilines is 1. The molecule has 0 saturated heterocycles. The number of hydrogen-bond acceptors (Lipinski definition) is 5. The summed E-state index contributed by atoms with van der Waals surface area (Å²) in [5.74, 6) is 1.08. The third-order valence-corrected chi connectivity index (χ3v) is 4.65. The number of benzene rings is 2. The SMILES string of the molecule is CCCCOc1cccc(NC(=S)NC(=O)c2ccc(OCCOC)c(Br)c2)c1. The van der Waals surface area contributed by atoms with Gasteiger partial charge in [-0.05, 0) is 64.9 Å². The molecule has 2 aromatic carbocycles. The summed E-state index contributed by atoms with van der Waals surface area (Å²) in [6, 6.07) is 12.5. The molecule has 2 rings (SSSR count). The molecule has 0 bridgehead atoms. The van der Waals surface area contributed by atoms with Gasteiger partial charge in [0.05, 0.1) is 17.7 Å². The molecule has 0 aliphatic rings. The van der Waals surface area contributed by atoms with Gasteiger partial charge in [0.1, 0.15) is 18.1 Å². The zero-order valence-corrected chi connectivity index (χ0v) is 18.9. The van der Waals surface area contributed by atoms with E-state index in [9.17, 15) is 4.79 Å². The van der Waals surface area contributed by atoms with Crippen LogP contribution in [-0.4, -0.2) is 38.0 Å².